The number of esters is 1. The fourth-order valence-corrected chi connectivity index (χ4v) is 3.98. The molecule has 8 nitrogen and oxygen atoms in total. The van der Waals surface area contributed by atoms with Gasteiger partial charge in [0.1, 0.15) is 10.7 Å². The molecule has 1 heterocycles. The molecule has 1 aliphatic rings. The predicted octanol–water partition coefficient (Wildman–Crippen LogP) is 5.56. The highest BCUT2D eigenvalue weighted by molar-refractivity contribution is 6.53. The van der Waals surface area contributed by atoms with E-state index in [0.29, 0.717) is 41.2 Å². The molecule has 0 saturated heterocycles. The zero-order chi connectivity index (χ0) is 27.4. The summed E-state index contributed by atoms with van der Waals surface area (Å²) in [5.74, 6) is -2.02. The minimum absolute atomic E-state index is 0.0427. The molecule has 0 unspecified atom stereocenters. The first kappa shape index (κ1) is 26.6. The number of halogens is 1. The second-order valence-electron chi connectivity index (χ2n) is 8.78. The zero-order valence-corrected chi connectivity index (χ0v) is 21.9. The number of aryl methyl sites for hydroxylation is 2. The summed E-state index contributed by atoms with van der Waals surface area (Å²) in [6.07, 6.45) is 0.714. The lowest BCUT2D eigenvalue weighted by atomic mass is 10.1. The highest BCUT2D eigenvalue weighted by atomic mass is 35.5. The molecule has 0 fully saturated rings. The van der Waals surface area contributed by atoms with Crippen molar-refractivity contribution >= 4 is 52.4 Å². The standard InChI is InChI=1S/C29H26ClN3O5/c1-4-14-38-29(37)20-6-5-7-22(16-20)32-26(34)19-9-11-21(12-10-19)31-25-24(30)27(35)33(28(25)36)23-13-8-17(2)18(3)15-23/h5-13,15-16,31H,4,14H2,1-3H3,(H,32,34). The van der Waals surface area contributed by atoms with Crippen LogP contribution in [0.3, 0.4) is 0 Å². The summed E-state index contributed by atoms with van der Waals surface area (Å²) in [5, 5.41) is 5.44. The normalized spacial score (nSPS) is 13.1. The monoisotopic (exact) mass is 531 g/mol. The third-order valence-corrected chi connectivity index (χ3v) is 6.34. The van der Waals surface area contributed by atoms with Gasteiger partial charge in [0.25, 0.3) is 17.7 Å². The van der Waals surface area contributed by atoms with Gasteiger partial charge in [0, 0.05) is 16.9 Å². The van der Waals surface area contributed by atoms with Gasteiger partial charge in [-0.1, -0.05) is 30.7 Å². The predicted molar refractivity (Wildman–Crippen MR) is 146 cm³/mol. The molecule has 0 aliphatic carbocycles. The van der Waals surface area contributed by atoms with Crippen molar-refractivity contribution in [2.24, 2.45) is 0 Å². The Morgan fingerprint density at radius 3 is 2.29 bits per heavy atom. The van der Waals surface area contributed by atoms with Crippen molar-refractivity contribution in [2.45, 2.75) is 27.2 Å². The van der Waals surface area contributed by atoms with Crippen LogP contribution in [0.15, 0.2) is 77.5 Å². The first-order valence-electron chi connectivity index (χ1n) is 12.0. The molecule has 3 aromatic carbocycles. The average molecular weight is 532 g/mol. The van der Waals surface area contributed by atoms with E-state index in [1.807, 2.05) is 26.8 Å². The molecule has 0 spiro atoms. The average Bonchev–Trinajstić information content (AvgIpc) is 3.12. The Morgan fingerprint density at radius 2 is 1.61 bits per heavy atom. The van der Waals surface area contributed by atoms with Crippen LogP contribution in [-0.2, 0) is 14.3 Å². The van der Waals surface area contributed by atoms with Crippen molar-refractivity contribution in [3.63, 3.8) is 0 Å². The summed E-state index contributed by atoms with van der Waals surface area (Å²) in [4.78, 5) is 51.6. The van der Waals surface area contributed by atoms with Gasteiger partial charge in [0.2, 0.25) is 0 Å². The lowest BCUT2D eigenvalue weighted by molar-refractivity contribution is -0.120. The van der Waals surface area contributed by atoms with Gasteiger partial charge in [-0.3, -0.25) is 14.4 Å². The van der Waals surface area contributed by atoms with E-state index >= 15 is 0 Å². The summed E-state index contributed by atoms with van der Waals surface area (Å²) in [6.45, 7) is 6.06. The smallest absolute Gasteiger partial charge is 0.338 e. The van der Waals surface area contributed by atoms with E-state index in [4.69, 9.17) is 16.3 Å². The molecule has 4 rings (SSSR count). The number of nitrogens with zero attached hydrogens (tertiary/aromatic N) is 1. The number of amides is 3. The molecule has 3 aromatic rings. The van der Waals surface area contributed by atoms with E-state index in [1.54, 1.807) is 60.7 Å². The van der Waals surface area contributed by atoms with E-state index in [0.717, 1.165) is 16.0 Å². The van der Waals surface area contributed by atoms with E-state index in [2.05, 4.69) is 10.6 Å². The van der Waals surface area contributed by atoms with Crippen LogP contribution < -0.4 is 15.5 Å². The molecule has 2 N–H and O–H groups in total. The molecule has 9 heteroatoms. The van der Waals surface area contributed by atoms with Crippen molar-refractivity contribution in [2.75, 3.05) is 22.1 Å². The van der Waals surface area contributed by atoms with Crippen molar-refractivity contribution < 1.29 is 23.9 Å². The first-order valence-corrected chi connectivity index (χ1v) is 12.4. The summed E-state index contributed by atoms with van der Waals surface area (Å²) >= 11 is 6.23. The number of rotatable bonds is 8. The van der Waals surface area contributed by atoms with Crippen LogP contribution in [0.5, 0.6) is 0 Å². The Kier molecular flexibility index (Phi) is 7.93. The number of hydrogen-bond acceptors (Lipinski definition) is 6. The van der Waals surface area contributed by atoms with Crippen LogP contribution in [0.2, 0.25) is 0 Å². The fourth-order valence-electron chi connectivity index (χ4n) is 3.77. The topological polar surface area (TPSA) is 105 Å². The zero-order valence-electron chi connectivity index (χ0n) is 21.1. The van der Waals surface area contributed by atoms with Crippen LogP contribution in [0.25, 0.3) is 0 Å². The third kappa shape index (κ3) is 5.60. The Labute approximate surface area is 225 Å². The summed E-state index contributed by atoms with van der Waals surface area (Å²) in [5.41, 5.74) is 3.98. The molecule has 0 saturated carbocycles. The Morgan fingerprint density at radius 1 is 0.868 bits per heavy atom. The van der Waals surface area contributed by atoms with E-state index < -0.39 is 17.8 Å². The largest absolute Gasteiger partial charge is 0.462 e. The van der Waals surface area contributed by atoms with Crippen molar-refractivity contribution in [1.82, 2.24) is 0 Å². The second kappa shape index (κ2) is 11.3. The first-order chi connectivity index (χ1) is 18.2. The van der Waals surface area contributed by atoms with E-state index in [9.17, 15) is 19.2 Å². The summed E-state index contributed by atoms with van der Waals surface area (Å²) in [6, 6.07) is 18.1. The maximum absolute atomic E-state index is 13.0. The number of imide groups is 1. The highest BCUT2D eigenvalue weighted by Crippen LogP contribution is 2.31. The third-order valence-electron chi connectivity index (χ3n) is 5.99. The van der Waals surface area contributed by atoms with Gasteiger partial charge in [-0.05, 0) is 86.0 Å². The number of benzene rings is 3. The molecule has 38 heavy (non-hydrogen) atoms. The van der Waals surface area contributed by atoms with Gasteiger partial charge in [-0.15, -0.1) is 0 Å². The van der Waals surface area contributed by atoms with Gasteiger partial charge in [0.15, 0.2) is 0 Å². The second-order valence-corrected chi connectivity index (χ2v) is 9.15. The van der Waals surface area contributed by atoms with Crippen LogP contribution in [0.4, 0.5) is 17.1 Å². The summed E-state index contributed by atoms with van der Waals surface area (Å²) in [7, 11) is 0. The quantitative estimate of drug-likeness (QED) is 0.291. The minimum Gasteiger partial charge on any atom is -0.462 e. The molecule has 0 bridgehead atoms. The number of ether oxygens (including phenoxy) is 1. The molecule has 0 radical (unpaired) electrons. The molecule has 194 valence electrons. The van der Waals surface area contributed by atoms with Crippen molar-refractivity contribution in [3.8, 4) is 0 Å². The lowest BCUT2D eigenvalue weighted by Crippen LogP contribution is -2.32. The SMILES string of the molecule is CCCOC(=O)c1cccc(NC(=O)c2ccc(NC3=C(Cl)C(=O)N(c4ccc(C)c(C)c4)C3=O)cc2)c1. The molecule has 3 amide bonds. The lowest BCUT2D eigenvalue weighted by Gasteiger charge is -2.16. The number of nitrogens with one attached hydrogen (secondary N) is 2. The van der Waals surface area contributed by atoms with Gasteiger partial charge < -0.3 is 15.4 Å². The molecule has 1 aliphatic heterocycles. The van der Waals surface area contributed by atoms with Crippen molar-refractivity contribution in [3.05, 3.63) is 99.7 Å². The van der Waals surface area contributed by atoms with Crippen LogP contribution in [-0.4, -0.2) is 30.3 Å². The van der Waals surface area contributed by atoms with Crippen LogP contribution >= 0.6 is 11.6 Å². The highest BCUT2D eigenvalue weighted by Gasteiger charge is 2.39. The Hall–Kier alpha value is -4.43. The minimum atomic E-state index is -0.612. The number of hydrogen-bond donors (Lipinski definition) is 2. The van der Waals surface area contributed by atoms with E-state index in [-0.39, 0.29) is 16.6 Å². The van der Waals surface area contributed by atoms with Crippen LogP contribution in [0.1, 0.15) is 45.2 Å². The Balaban J connectivity index is 1.44. The molecule has 0 aromatic heterocycles. The number of anilines is 3. The van der Waals surface area contributed by atoms with Gasteiger partial charge >= 0.3 is 5.97 Å². The van der Waals surface area contributed by atoms with Gasteiger partial charge in [-0.25, -0.2) is 9.69 Å². The van der Waals surface area contributed by atoms with Crippen LogP contribution in [0, 0.1) is 13.8 Å². The van der Waals surface area contributed by atoms with Gasteiger partial charge in [0.05, 0.1) is 17.9 Å². The molecule has 0 atom stereocenters. The van der Waals surface area contributed by atoms with Crippen molar-refractivity contribution in [1.29, 1.82) is 0 Å². The number of carbonyl (C=O) groups is 4. The molecular formula is C29H26ClN3O5. The summed E-state index contributed by atoms with van der Waals surface area (Å²) < 4.78 is 5.13. The maximum Gasteiger partial charge on any atom is 0.338 e. The Bertz CT molecular complexity index is 1460. The maximum atomic E-state index is 13.0. The van der Waals surface area contributed by atoms with Gasteiger partial charge in [-0.2, -0.15) is 0 Å². The molecular weight excluding hydrogens is 506 g/mol. The number of carbonyl (C=O) groups excluding carboxylic acids is 4. The fraction of sp³-hybridized carbons (Fsp3) is 0.172. The van der Waals surface area contributed by atoms with E-state index in [1.165, 1.54) is 0 Å².